The number of anilines is 1. The first-order chi connectivity index (χ1) is 11.3. The van der Waals surface area contributed by atoms with Gasteiger partial charge in [0.1, 0.15) is 0 Å². The number of rotatable bonds is 3. The number of para-hydroxylation sites is 1. The van der Waals surface area contributed by atoms with E-state index in [-0.39, 0.29) is 12.6 Å². The number of hydrazone groups is 1. The summed E-state index contributed by atoms with van der Waals surface area (Å²) in [5.41, 5.74) is 2.06. The maximum atomic E-state index is 11.5. The molecule has 0 spiro atoms. The number of hydrogen-bond acceptors (Lipinski definition) is 5. The topological polar surface area (TPSA) is 51.1 Å². The van der Waals surface area contributed by atoms with Crippen LogP contribution in [0.1, 0.15) is 24.9 Å². The zero-order valence-electron chi connectivity index (χ0n) is 12.9. The summed E-state index contributed by atoms with van der Waals surface area (Å²) < 4.78 is 10.0. The molecule has 1 atom stereocenters. The van der Waals surface area contributed by atoms with E-state index in [1.54, 1.807) is 6.92 Å². The zero-order chi connectivity index (χ0) is 16.1. The molecule has 0 saturated heterocycles. The van der Waals surface area contributed by atoms with Crippen LogP contribution in [0.4, 0.5) is 10.5 Å². The van der Waals surface area contributed by atoms with Crippen molar-refractivity contribution in [2.24, 2.45) is 5.10 Å². The van der Waals surface area contributed by atoms with Crippen LogP contribution in [0.15, 0.2) is 65.8 Å². The molecule has 1 aliphatic rings. The summed E-state index contributed by atoms with van der Waals surface area (Å²) in [6.45, 7) is 2.01. The van der Waals surface area contributed by atoms with Gasteiger partial charge in [-0.05, 0) is 24.6 Å². The van der Waals surface area contributed by atoms with Gasteiger partial charge in [0.2, 0.25) is 5.90 Å². The quantitative estimate of drug-likeness (QED) is 0.800. The zero-order valence-corrected chi connectivity index (χ0v) is 12.9. The lowest BCUT2D eigenvalue weighted by molar-refractivity contribution is 0.0996. The molecule has 0 amide bonds. The lowest BCUT2D eigenvalue weighted by Crippen LogP contribution is -2.18. The highest BCUT2D eigenvalue weighted by molar-refractivity contribution is 5.89. The van der Waals surface area contributed by atoms with Crippen LogP contribution in [-0.2, 0) is 9.47 Å². The highest BCUT2D eigenvalue weighted by Gasteiger charge is 2.31. The Balaban J connectivity index is 1.86. The Morgan fingerprint density at radius 3 is 2.43 bits per heavy atom. The Morgan fingerprint density at radius 2 is 1.78 bits per heavy atom. The first-order valence-corrected chi connectivity index (χ1v) is 7.59. The summed E-state index contributed by atoms with van der Waals surface area (Å²) in [6, 6.07) is 19.9. The van der Waals surface area contributed by atoms with Gasteiger partial charge in [-0.1, -0.05) is 48.5 Å². The molecule has 118 valence electrons. The Bertz CT molecular complexity index is 686. The van der Waals surface area contributed by atoms with Gasteiger partial charge in [0.15, 0.2) is 0 Å². The average Bonchev–Trinajstić information content (AvgIpc) is 3.00. The van der Waals surface area contributed by atoms with Gasteiger partial charge >= 0.3 is 6.16 Å². The van der Waals surface area contributed by atoms with E-state index in [0.717, 1.165) is 11.3 Å². The van der Waals surface area contributed by atoms with E-state index in [9.17, 15) is 4.79 Å². The molecular formula is C18H18N2O3. The Hall–Kier alpha value is -2.82. The summed E-state index contributed by atoms with van der Waals surface area (Å²) in [7, 11) is 0. The Kier molecular flexibility index (Phi) is 4.57. The van der Waals surface area contributed by atoms with E-state index >= 15 is 0 Å². The maximum Gasteiger partial charge on any atom is 0.514 e. The molecule has 3 rings (SSSR count). The lowest BCUT2D eigenvalue weighted by atomic mass is 10.0. The third kappa shape index (κ3) is 3.51. The summed E-state index contributed by atoms with van der Waals surface area (Å²) >= 11 is 0. The van der Waals surface area contributed by atoms with Crippen LogP contribution in [0, 0.1) is 0 Å². The van der Waals surface area contributed by atoms with Gasteiger partial charge in [0.05, 0.1) is 24.8 Å². The van der Waals surface area contributed by atoms with Gasteiger partial charge in [0, 0.05) is 0 Å². The summed E-state index contributed by atoms with van der Waals surface area (Å²) in [5.74, 6) is 0.362. The van der Waals surface area contributed by atoms with E-state index in [2.05, 4.69) is 5.10 Å². The minimum Gasteiger partial charge on any atom is -0.434 e. The largest absolute Gasteiger partial charge is 0.514 e. The lowest BCUT2D eigenvalue weighted by Gasteiger charge is -2.23. The first kappa shape index (κ1) is 15.1. The number of hydrogen-bond donors (Lipinski definition) is 0. The van der Waals surface area contributed by atoms with Crippen molar-refractivity contribution >= 4 is 17.7 Å². The molecule has 0 aliphatic carbocycles. The number of ether oxygens (including phenoxy) is 2. The highest BCUT2D eigenvalue weighted by atomic mass is 16.7. The smallest absolute Gasteiger partial charge is 0.434 e. The van der Waals surface area contributed by atoms with Crippen LogP contribution in [0.2, 0.25) is 0 Å². The summed E-state index contributed by atoms with van der Waals surface area (Å²) in [6.07, 6.45) is -0.203. The molecule has 5 heteroatoms. The predicted octanol–water partition coefficient (Wildman–Crippen LogP) is 4.12. The van der Waals surface area contributed by atoms with Gasteiger partial charge in [0.25, 0.3) is 0 Å². The van der Waals surface area contributed by atoms with Gasteiger partial charge < -0.3 is 9.47 Å². The van der Waals surface area contributed by atoms with Gasteiger partial charge in [-0.3, -0.25) is 5.01 Å². The highest BCUT2D eigenvalue weighted by Crippen LogP contribution is 2.35. The van der Waals surface area contributed by atoms with Crippen molar-refractivity contribution in [1.82, 2.24) is 0 Å². The Morgan fingerprint density at radius 1 is 1.13 bits per heavy atom. The van der Waals surface area contributed by atoms with Crippen LogP contribution >= 0.6 is 0 Å². The van der Waals surface area contributed by atoms with E-state index in [0.29, 0.717) is 12.3 Å². The number of nitrogens with zero attached hydrogens (tertiary/aromatic N) is 2. The van der Waals surface area contributed by atoms with Crippen molar-refractivity contribution in [3.05, 3.63) is 66.2 Å². The molecule has 2 aromatic carbocycles. The molecule has 0 radical (unpaired) electrons. The molecule has 0 aromatic heterocycles. The number of carbonyl (C=O) groups excluding carboxylic acids is 1. The van der Waals surface area contributed by atoms with Crippen LogP contribution in [0.25, 0.3) is 0 Å². The second-order valence-corrected chi connectivity index (χ2v) is 5.09. The second-order valence-electron chi connectivity index (χ2n) is 5.09. The molecular weight excluding hydrogens is 292 g/mol. The van der Waals surface area contributed by atoms with Crippen molar-refractivity contribution in [2.45, 2.75) is 19.4 Å². The van der Waals surface area contributed by atoms with Crippen LogP contribution in [-0.4, -0.2) is 18.7 Å². The third-order valence-electron chi connectivity index (χ3n) is 3.55. The second kappa shape index (κ2) is 6.96. The van der Waals surface area contributed by atoms with E-state index in [1.165, 1.54) is 0 Å². The van der Waals surface area contributed by atoms with Crippen molar-refractivity contribution in [2.75, 3.05) is 11.6 Å². The first-order valence-electron chi connectivity index (χ1n) is 7.59. The normalized spacial score (nSPS) is 16.8. The van der Waals surface area contributed by atoms with E-state index in [4.69, 9.17) is 9.47 Å². The SMILES string of the molecule is CCOC(=O)OC1=NN(c2ccccc2)C(c2ccccc2)C1. The minimum absolute atomic E-state index is 0.0111. The molecule has 23 heavy (non-hydrogen) atoms. The summed E-state index contributed by atoms with van der Waals surface area (Å²) in [4.78, 5) is 11.5. The van der Waals surface area contributed by atoms with Crippen LogP contribution < -0.4 is 5.01 Å². The van der Waals surface area contributed by atoms with Gasteiger partial charge in [-0.25, -0.2) is 4.79 Å². The van der Waals surface area contributed by atoms with Crippen molar-refractivity contribution in [3.63, 3.8) is 0 Å². The van der Waals surface area contributed by atoms with Crippen molar-refractivity contribution in [3.8, 4) is 0 Å². The molecule has 0 saturated carbocycles. The van der Waals surface area contributed by atoms with E-state index < -0.39 is 6.16 Å². The Labute approximate surface area is 135 Å². The molecule has 1 aliphatic heterocycles. The fraction of sp³-hybridized carbons (Fsp3) is 0.222. The molecule has 5 nitrogen and oxygen atoms in total. The van der Waals surface area contributed by atoms with Crippen molar-refractivity contribution in [1.29, 1.82) is 0 Å². The fourth-order valence-corrected chi connectivity index (χ4v) is 2.54. The maximum absolute atomic E-state index is 11.5. The fourth-order valence-electron chi connectivity index (χ4n) is 2.54. The number of carbonyl (C=O) groups is 1. The predicted molar refractivity (Wildman–Crippen MR) is 88.3 cm³/mol. The average molecular weight is 310 g/mol. The molecule has 2 aromatic rings. The van der Waals surface area contributed by atoms with E-state index in [1.807, 2.05) is 65.7 Å². The third-order valence-corrected chi connectivity index (χ3v) is 3.55. The monoisotopic (exact) mass is 310 g/mol. The molecule has 0 bridgehead atoms. The minimum atomic E-state index is -0.715. The van der Waals surface area contributed by atoms with Crippen LogP contribution in [0.5, 0.6) is 0 Å². The number of benzene rings is 2. The molecule has 0 N–H and O–H groups in total. The van der Waals surface area contributed by atoms with Crippen molar-refractivity contribution < 1.29 is 14.3 Å². The van der Waals surface area contributed by atoms with Gasteiger partial charge in [-0.15, -0.1) is 5.10 Å². The summed E-state index contributed by atoms with van der Waals surface area (Å²) in [5, 5.41) is 6.34. The van der Waals surface area contributed by atoms with Gasteiger partial charge in [-0.2, -0.15) is 0 Å². The molecule has 1 unspecified atom stereocenters. The molecule has 1 heterocycles. The van der Waals surface area contributed by atoms with Crippen LogP contribution in [0.3, 0.4) is 0 Å². The standard InChI is InChI=1S/C18H18N2O3/c1-2-22-18(21)23-17-13-16(14-9-5-3-6-10-14)20(19-17)15-11-7-4-8-12-15/h3-12,16H,2,13H2,1H3. The molecule has 0 fully saturated rings.